The fourth-order valence-corrected chi connectivity index (χ4v) is 2.93. The molecule has 2 heterocycles. The van der Waals surface area contributed by atoms with Crippen LogP contribution in [-0.4, -0.2) is 54.3 Å². The summed E-state index contributed by atoms with van der Waals surface area (Å²) in [5.74, 6) is -0.0784. The van der Waals surface area contributed by atoms with E-state index in [1.54, 1.807) is 18.2 Å². The Kier molecular flexibility index (Phi) is 5.19. The topological polar surface area (TPSA) is 65.8 Å². The van der Waals surface area contributed by atoms with Gasteiger partial charge >= 0.3 is 0 Å². The quantitative estimate of drug-likeness (QED) is 0.928. The highest BCUT2D eigenvalue weighted by Gasteiger charge is 2.22. The van der Waals surface area contributed by atoms with Crippen LogP contribution in [-0.2, 0) is 0 Å². The minimum absolute atomic E-state index is 0.00394. The zero-order chi connectivity index (χ0) is 17.8. The molecule has 6 nitrogen and oxygen atoms in total. The van der Waals surface area contributed by atoms with E-state index in [9.17, 15) is 9.59 Å². The molecule has 2 amide bonds. The highest BCUT2D eigenvalue weighted by Crippen LogP contribution is 2.20. The second kappa shape index (κ2) is 7.53. The first kappa shape index (κ1) is 17.2. The van der Waals surface area contributed by atoms with E-state index in [2.05, 4.69) is 17.1 Å². The fraction of sp³-hybridized carbons (Fsp3) is 0.368. The van der Waals surface area contributed by atoms with E-state index in [0.29, 0.717) is 11.3 Å². The molecule has 1 fully saturated rings. The molecule has 0 aliphatic carbocycles. The zero-order valence-corrected chi connectivity index (χ0v) is 14.6. The first-order chi connectivity index (χ1) is 12.1. The highest BCUT2D eigenvalue weighted by molar-refractivity contribution is 6.03. The lowest BCUT2D eigenvalue weighted by atomic mass is 10.1. The van der Waals surface area contributed by atoms with Crippen LogP contribution in [0.1, 0.15) is 33.4 Å². The van der Waals surface area contributed by atoms with Crippen LogP contribution < -0.4 is 5.32 Å². The molecule has 1 N–H and O–H groups in total. The monoisotopic (exact) mass is 341 g/mol. The molecule has 0 radical (unpaired) electrons. The van der Waals surface area contributed by atoms with Crippen LogP contribution in [0.15, 0.2) is 41.0 Å². The number of hydrogen-bond acceptors (Lipinski definition) is 4. The first-order valence-corrected chi connectivity index (χ1v) is 8.55. The average molecular weight is 341 g/mol. The number of nitrogens with zero attached hydrogens (tertiary/aromatic N) is 2. The van der Waals surface area contributed by atoms with Crippen molar-refractivity contribution in [3.8, 4) is 0 Å². The number of furan rings is 1. The summed E-state index contributed by atoms with van der Waals surface area (Å²) in [6, 6.07) is 8.68. The standard InChI is InChI=1S/C19H23N3O3/c1-3-21-8-10-22(11-9-21)19(24)15-7-6-14(2)16(13-15)20-18(23)17-5-4-12-25-17/h4-7,12-13H,3,8-11H2,1-2H3,(H,20,23). The summed E-state index contributed by atoms with van der Waals surface area (Å²) in [4.78, 5) is 29.1. The van der Waals surface area contributed by atoms with Crippen molar-refractivity contribution in [2.24, 2.45) is 0 Å². The van der Waals surface area contributed by atoms with Gasteiger partial charge in [-0.2, -0.15) is 0 Å². The summed E-state index contributed by atoms with van der Waals surface area (Å²) in [6.07, 6.45) is 1.46. The van der Waals surface area contributed by atoms with Gasteiger partial charge in [-0.15, -0.1) is 0 Å². The van der Waals surface area contributed by atoms with Crippen molar-refractivity contribution in [1.82, 2.24) is 9.80 Å². The second-order valence-corrected chi connectivity index (χ2v) is 6.19. The largest absolute Gasteiger partial charge is 0.459 e. The van der Waals surface area contributed by atoms with Crippen molar-refractivity contribution in [2.75, 3.05) is 38.0 Å². The maximum Gasteiger partial charge on any atom is 0.291 e. The zero-order valence-electron chi connectivity index (χ0n) is 14.6. The Morgan fingerprint density at radius 1 is 1.16 bits per heavy atom. The summed E-state index contributed by atoms with van der Waals surface area (Å²) in [5, 5.41) is 2.82. The van der Waals surface area contributed by atoms with Gasteiger partial charge in [0, 0.05) is 37.4 Å². The molecule has 1 aromatic heterocycles. The molecule has 1 aromatic carbocycles. The molecule has 0 unspecified atom stereocenters. The Labute approximate surface area is 147 Å². The molecule has 0 atom stereocenters. The van der Waals surface area contributed by atoms with Gasteiger partial charge in [0.05, 0.1) is 6.26 Å². The molecule has 25 heavy (non-hydrogen) atoms. The Morgan fingerprint density at radius 3 is 2.56 bits per heavy atom. The van der Waals surface area contributed by atoms with Crippen LogP contribution in [0.5, 0.6) is 0 Å². The number of piperazine rings is 1. The Morgan fingerprint density at radius 2 is 1.92 bits per heavy atom. The van der Waals surface area contributed by atoms with E-state index >= 15 is 0 Å². The van der Waals surface area contributed by atoms with Crippen LogP contribution in [0.25, 0.3) is 0 Å². The number of likely N-dealkylation sites (N-methyl/N-ethyl adjacent to an activating group) is 1. The smallest absolute Gasteiger partial charge is 0.291 e. The van der Waals surface area contributed by atoms with E-state index < -0.39 is 0 Å². The third kappa shape index (κ3) is 3.91. The molecule has 1 saturated heterocycles. The van der Waals surface area contributed by atoms with E-state index in [1.165, 1.54) is 6.26 Å². The van der Waals surface area contributed by atoms with Gasteiger partial charge < -0.3 is 19.5 Å². The predicted octanol–water partition coefficient (Wildman–Crippen LogP) is 2.62. The molecule has 132 valence electrons. The molecule has 6 heteroatoms. The van der Waals surface area contributed by atoms with Gasteiger partial charge in [-0.3, -0.25) is 9.59 Å². The van der Waals surface area contributed by atoms with Crippen molar-refractivity contribution < 1.29 is 14.0 Å². The molecule has 0 bridgehead atoms. The van der Waals surface area contributed by atoms with E-state index in [-0.39, 0.29) is 17.6 Å². The van der Waals surface area contributed by atoms with Crippen molar-refractivity contribution in [3.05, 3.63) is 53.5 Å². The number of carbonyl (C=O) groups excluding carboxylic acids is 2. The van der Waals surface area contributed by atoms with Gasteiger partial charge in [0.25, 0.3) is 11.8 Å². The van der Waals surface area contributed by atoms with Crippen molar-refractivity contribution >= 4 is 17.5 Å². The van der Waals surface area contributed by atoms with Crippen molar-refractivity contribution in [2.45, 2.75) is 13.8 Å². The summed E-state index contributed by atoms with van der Waals surface area (Å²) in [5.41, 5.74) is 2.11. The molecule has 1 aliphatic heterocycles. The maximum atomic E-state index is 12.7. The Bertz CT molecular complexity index is 747. The second-order valence-electron chi connectivity index (χ2n) is 6.19. The van der Waals surface area contributed by atoms with Crippen LogP contribution in [0.3, 0.4) is 0 Å². The van der Waals surface area contributed by atoms with Crippen molar-refractivity contribution in [1.29, 1.82) is 0 Å². The van der Waals surface area contributed by atoms with Gasteiger partial charge in [-0.25, -0.2) is 0 Å². The number of rotatable bonds is 4. The molecule has 0 saturated carbocycles. The Balaban J connectivity index is 1.72. The van der Waals surface area contributed by atoms with Crippen LogP contribution in [0.4, 0.5) is 5.69 Å². The number of carbonyl (C=O) groups is 2. The predicted molar refractivity (Wildman–Crippen MR) is 95.9 cm³/mol. The molecule has 1 aliphatic rings. The number of nitrogens with one attached hydrogen (secondary N) is 1. The van der Waals surface area contributed by atoms with Gasteiger partial charge in [0.1, 0.15) is 0 Å². The van der Waals surface area contributed by atoms with Gasteiger partial charge in [0.2, 0.25) is 0 Å². The van der Waals surface area contributed by atoms with Crippen LogP contribution in [0, 0.1) is 6.92 Å². The lowest BCUT2D eigenvalue weighted by Gasteiger charge is -2.34. The number of aryl methyl sites for hydroxylation is 1. The maximum absolute atomic E-state index is 12.7. The third-order valence-corrected chi connectivity index (χ3v) is 4.58. The minimum Gasteiger partial charge on any atom is -0.459 e. The van der Waals surface area contributed by atoms with E-state index in [4.69, 9.17) is 4.42 Å². The average Bonchev–Trinajstić information content (AvgIpc) is 3.18. The van der Waals surface area contributed by atoms with Gasteiger partial charge in [0.15, 0.2) is 5.76 Å². The van der Waals surface area contributed by atoms with Gasteiger partial charge in [-0.05, 0) is 43.3 Å². The van der Waals surface area contributed by atoms with E-state index in [0.717, 1.165) is 38.3 Å². The normalized spacial score (nSPS) is 15.2. The molecular weight excluding hydrogens is 318 g/mol. The molecular formula is C19H23N3O3. The summed E-state index contributed by atoms with van der Waals surface area (Å²) in [7, 11) is 0. The Hall–Kier alpha value is -2.60. The number of hydrogen-bond donors (Lipinski definition) is 1. The first-order valence-electron chi connectivity index (χ1n) is 8.55. The SMILES string of the molecule is CCN1CCN(C(=O)c2ccc(C)c(NC(=O)c3ccco3)c2)CC1. The van der Waals surface area contributed by atoms with Gasteiger partial charge in [-0.1, -0.05) is 13.0 Å². The molecule has 0 spiro atoms. The number of amides is 2. The lowest BCUT2D eigenvalue weighted by molar-refractivity contribution is 0.0643. The van der Waals surface area contributed by atoms with Crippen LogP contribution >= 0.6 is 0 Å². The number of benzene rings is 1. The fourth-order valence-electron chi connectivity index (χ4n) is 2.93. The summed E-state index contributed by atoms with van der Waals surface area (Å²) < 4.78 is 5.11. The number of anilines is 1. The summed E-state index contributed by atoms with van der Waals surface area (Å²) >= 11 is 0. The highest BCUT2D eigenvalue weighted by atomic mass is 16.3. The van der Waals surface area contributed by atoms with Crippen molar-refractivity contribution in [3.63, 3.8) is 0 Å². The lowest BCUT2D eigenvalue weighted by Crippen LogP contribution is -2.48. The molecule has 2 aromatic rings. The van der Waals surface area contributed by atoms with E-state index in [1.807, 2.05) is 24.0 Å². The minimum atomic E-state index is -0.325. The summed E-state index contributed by atoms with van der Waals surface area (Å²) in [6.45, 7) is 8.29. The van der Waals surface area contributed by atoms with Crippen LogP contribution in [0.2, 0.25) is 0 Å². The molecule has 3 rings (SSSR count). The third-order valence-electron chi connectivity index (χ3n) is 4.58.